The lowest BCUT2D eigenvalue weighted by Crippen LogP contribution is -2.58. The van der Waals surface area contributed by atoms with Crippen LogP contribution in [0.2, 0.25) is 0 Å². The number of piperidine rings is 1. The summed E-state index contributed by atoms with van der Waals surface area (Å²) < 4.78 is 27.1. The molecule has 2 aliphatic heterocycles. The predicted octanol–water partition coefficient (Wildman–Crippen LogP) is 2.57. The van der Waals surface area contributed by atoms with Crippen molar-refractivity contribution in [2.24, 2.45) is 7.05 Å². The number of halogens is 1. The van der Waals surface area contributed by atoms with Crippen LogP contribution in [0.15, 0.2) is 36.7 Å². The molecule has 9 heteroatoms. The third kappa shape index (κ3) is 6.34. The molecule has 1 aromatic carbocycles. The molecule has 4 rings (SSSR count). The summed E-state index contributed by atoms with van der Waals surface area (Å²) in [6.07, 6.45) is 7.93. The summed E-state index contributed by atoms with van der Waals surface area (Å²) in [7, 11) is 1.85. The molecule has 0 spiro atoms. The van der Waals surface area contributed by atoms with Crippen molar-refractivity contribution < 1.29 is 23.5 Å². The van der Waals surface area contributed by atoms with Crippen molar-refractivity contribution in [1.82, 2.24) is 19.6 Å². The van der Waals surface area contributed by atoms with E-state index in [1.165, 1.54) is 12.1 Å². The first kappa shape index (κ1) is 24.2. The minimum Gasteiger partial charge on any atom is -0.490 e. The van der Waals surface area contributed by atoms with Gasteiger partial charge in [0, 0.05) is 39.3 Å². The maximum absolute atomic E-state index is 13.3. The SMILES string of the molecule is Cn1cc(CCC(=O)N2CCOC(COc3ccc(F)cc3)(CC(=O)N3CCCCC3)C2)cn1. The van der Waals surface area contributed by atoms with E-state index in [1.54, 1.807) is 27.9 Å². The van der Waals surface area contributed by atoms with E-state index in [2.05, 4.69) is 5.10 Å². The summed E-state index contributed by atoms with van der Waals surface area (Å²) in [5, 5.41) is 4.16. The fraction of sp³-hybridized carbons (Fsp3) is 0.560. The van der Waals surface area contributed by atoms with Gasteiger partial charge in [0.25, 0.3) is 0 Å². The average molecular weight is 473 g/mol. The number of rotatable bonds is 8. The maximum atomic E-state index is 13.3. The van der Waals surface area contributed by atoms with Gasteiger partial charge >= 0.3 is 0 Å². The zero-order valence-electron chi connectivity index (χ0n) is 19.7. The Balaban J connectivity index is 1.44. The van der Waals surface area contributed by atoms with Gasteiger partial charge in [0.2, 0.25) is 11.8 Å². The number of amides is 2. The fourth-order valence-corrected chi connectivity index (χ4v) is 4.59. The minimum atomic E-state index is -0.953. The summed E-state index contributed by atoms with van der Waals surface area (Å²) in [6, 6.07) is 5.76. The van der Waals surface area contributed by atoms with E-state index in [4.69, 9.17) is 9.47 Å². The van der Waals surface area contributed by atoms with Gasteiger partial charge in [-0.25, -0.2) is 4.39 Å². The standard InChI is InChI=1S/C25H33FN4O4/c1-28-17-20(16-27-28)5-10-23(31)30-13-14-34-25(18-30,15-24(32)29-11-3-2-4-12-29)19-33-22-8-6-21(26)7-9-22/h6-9,16-17H,2-5,10-15,18-19H2,1H3. The molecule has 1 unspecified atom stereocenters. The summed E-state index contributed by atoms with van der Waals surface area (Å²) in [6.45, 7) is 2.69. The lowest BCUT2D eigenvalue weighted by Gasteiger charge is -2.43. The van der Waals surface area contributed by atoms with Crippen molar-refractivity contribution in [2.45, 2.75) is 44.1 Å². The largest absolute Gasteiger partial charge is 0.490 e. The highest BCUT2D eigenvalue weighted by Crippen LogP contribution is 2.27. The van der Waals surface area contributed by atoms with E-state index in [-0.39, 0.29) is 37.2 Å². The molecule has 2 aliphatic rings. The van der Waals surface area contributed by atoms with Crippen LogP contribution < -0.4 is 4.74 Å². The number of likely N-dealkylation sites (tertiary alicyclic amines) is 1. The van der Waals surface area contributed by atoms with Crippen molar-refractivity contribution in [2.75, 3.05) is 39.4 Å². The van der Waals surface area contributed by atoms with Gasteiger partial charge in [-0.05, 0) is 55.5 Å². The molecule has 0 N–H and O–H groups in total. The van der Waals surface area contributed by atoms with Crippen LogP contribution in [0.1, 0.15) is 37.7 Å². The quantitative estimate of drug-likeness (QED) is 0.590. The van der Waals surface area contributed by atoms with Gasteiger partial charge in [0.05, 0.1) is 25.8 Å². The average Bonchev–Trinajstić information content (AvgIpc) is 3.28. The molecule has 2 saturated heterocycles. The summed E-state index contributed by atoms with van der Waals surface area (Å²) in [5.41, 5.74) is 0.0563. The molecule has 0 radical (unpaired) electrons. The van der Waals surface area contributed by atoms with Crippen LogP contribution in [0.4, 0.5) is 4.39 Å². The second-order valence-electron chi connectivity index (χ2n) is 9.23. The van der Waals surface area contributed by atoms with Crippen LogP contribution in [0.5, 0.6) is 5.75 Å². The first-order chi connectivity index (χ1) is 16.4. The number of ether oxygens (including phenoxy) is 2. The molecule has 3 heterocycles. The fourth-order valence-electron chi connectivity index (χ4n) is 4.59. The van der Waals surface area contributed by atoms with Crippen molar-refractivity contribution >= 4 is 11.8 Å². The van der Waals surface area contributed by atoms with Crippen LogP contribution >= 0.6 is 0 Å². The highest BCUT2D eigenvalue weighted by molar-refractivity contribution is 5.79. The molecule has 184 valence electrons. The molecular weight excluding hydrogens is 439 g/mol. The number of benzene rings is 1. The molecule has 0 aliphatic carbocycles. The van der Waals surface area contributed by atoms with Gasteiger partial charge in [-0.1, -0.05) is 0 Å². The molecule has 2 amide bonds. The van der Waals surface area contributed by atoms with Crippen LogP contribution in [0, 0.1) is 5.82 Å². The summed E-state index contributed by atoms with van der Waals surface area (Å²) >= 11 is 0. The van der Waals surface area contributed by atoms with Gasteiger partial charge in [0.15, 0.2) is 0 Å². The number of aromatic nitrogens is 2. The first-order valence-electron chi connectivity index (χ1n) is 12.0. The number of carbonyl (C=O) groups excluding carboxylic acids is 2. The van der Waals surface area contributed by atoms with Crippen LogP contribution in [0.25, 0.3) is 0 Å². The van der Waals surface area contributed by atoms with Gasteiger partial charge in [0.1, 0.15) is 23.8 Å². The number of morpholine rings is 1. The molecule has 34 heavy (non-hydrogen) atoms. The molecule has 1 aromatic heterocycles. The van der Waals surface area contributed by atoms with Crippen LogP contribution in [0.3, 0.4) is 0 Å². The zero-order valence-corrected chi connectivity index (χ0v) is 19.7. The van der Waals surface area contributed by atoms with Crippen LogP contribution in [-0.4, -0.2) is 76.4 Å². The molecule has 0 saturated carbocycles. The zero-order chi connectivity index (χ0) is 24.0. The Kier molecular flexibility index (Phi) is 7.82. The predicted molar refractivity (Wildman–Crippen MR) is 124 cm³/mol. The normalized spacial score (nSPS) is 20.9. The Hall–Kier alpha value is -2.94. The van der Waals surface area contributed by atoms with Gasteiger partial charge < -0.3 is 19.3 Å². The lowest BCUT2D eigenvalue weighted by atomic mass is 9.95. The Bertz CT molecular complexity index is 974. The van der Waals surface area contributed by atoms with Crippen molar-refractivity contribution in [1.29, 1.82) is 0 Å². The third-order valence-electron chi connectivity index (χ3n) is 6.48. The highest BCUT2D eigenvalue weighted by Gasteiger charge is 2.42. The molecule has 2 aromatic rings. The lowest BCUT2D eigenvalue weighted by molar-refractivity contribution is -0.166. The van der Waals surface area contributed by atoms with Gasteiger partial charge in [-0.15, -0.1) is 0 Å². The summed E-state index contributed by atoms with van der Waals surface area (Å²) in [5.74, 6) is 0.187. The smallest absolute Gasteiger partial charge is 0.225 e. The highest BCUT2D eigenvalue weighted by atomic mass is 19.1. The monoisotopic (exact) mass is 472 g/mol. The van der Waals surface area contributed by atoms with Crippen molar-refractivity contribution in [3.8, 4) is 5.75 Å². The Morgan fingerprint density at radius 1 is 1.09 bits per heavy atom. The molecule has 2 fully saturated rings. The number of carbonyl (C=O) groups is 2. The number of hydrogen-bond donors (Lipinski definition) is 0. The van der Waals surface area contributed by atoms with E-state index >= 15 is 0 Å². The van der Waals surface area contributed by atoms with E-state index in [1.807, 2.05) is 18.1 Å². The minimum absolute atomic E-state index is 0.0173. The van der Waals surface area contributed by atoms with E-state index < -0.39 is 5.60 Å². The number of nitrogens with zero attached hydrogens (tertiary/aromatic N) is 4. The summed E-state index contributed by atoms with van der Waals surface area (Å²) in [4.78, 5) is 29.8. The van der Waals surface area contributed by atoms with E-state index in [9.17, 15) is 14.0 Å². The topological polar surface area (TPSA) is 76.9 Å². The third-order valence-corrected chi connectivity index (χ3v) is 6.48. The Morgan fingerprint density at radius 3 is 2.56 bits per heavy atom. The molecular formula is C25H33FN4O4. The van der Waals surface area contributed by atoms with Gasteiger partial charge in [-0.3, -0.25) is 14.3 Å². The second kappa shape index (κ2) is 11.0. The molecule has 8 nitrogen and oxygen atoms in total. The second-order valence-corrected chi connectivity index (χ2v) is 9.23. The van der Waals surface area contributed by atoms with Crippen molar-refractivity contribution in [3.63, 3.8) is 0 Å². The molecule has 1 atom stereocenters. The Morgan fingerprint density at radius 2 is 1.85 bits per heavy atom. The number of aryl methyl sites for hydroxylation is 2. The first-order valence-corrected chi connectivity index (χ1v) is 12.0. The number of hydrogen-bond acceptors (Lipinski definition) is 5. The van der Waals surface area contributed by atoms with E-state index in [0.29, 0.717) is 31.7 Å². The van der Waals surface area contributed by atoms with Crippen LogP contribution in [-0.2, 0) is 27.8 Å². The maximum Gasteiger partial charge on any atom is 0.225 e. The van der Waals surface area contributed by atoms with Gasteiger partial charge in [-0.2, -0.15) is 5.10 Å². The Labute approximate surface area is 199 Å². The molecule has 0 bridgehead atoms. The van der Waals surface area contributed by atoms with E-state index in [0.717, 1.165) is 37.9 Å². The van der Waals surface area contributed by atoms with Crippen molar-refractivity contribution in [3.05, 3.63) is 48.0 Å².